The summed E-state index contributed by atoms with van der Waals surface area (Å²) in [7, 11) is -3.93. The molecule has 1 fully saturated rings. The Morgan fingerprint density at radius 1 is 1.17 bits per heavy atom. The first-order chi connectivity index (χ1) is 14.2. The van der Waals surface area contributed by atoms with E-state index in [9.17, 15) is 18.5 Å². The van der Waals surface area contributed by atoms with Gasteiger partial charge in [0, 0.05) is 37.8 Å². The highest BCUT2D eigenvalue weighted by molar-refractivity contribution is 7.89. The standard InChI is InChI=1S/C21H27N3O5S/c1-15-5-4-6-18(11-15)20(23-7-9-29-10-8-23)14-22-30(27,28)21-13-19(24(25)26)12-16(2)17(21)3/h4-6,11-13,20,22H,7-10,14H2,1-3H3. The van der Waals surface area contributed by atoms with Gasteiger partial charge in [-0.1, -0.05) is 29.8 Å². The van der Waals surface area contributed by atoms with Crippen molar-refractivity contribution in [2.45, 2.75) is 31.7 Å². The monoisotopic (exact) mass is 433 g/mol. The van der Waals surface area contributed by atoms with Crippen LogP contribution in [0.3, 0.4) is 0 Å². The quantitative estimate of drug-likeness (QED) is 0.532. The number of morpholine rings is 1. The number of aryl methyl sites for hydroxylation is 2. The molecular formula is C21H27N3O5S. The zero-order chi connectivity index (χ0) is 21.9. The van der Waals surface area contributed by atoms with Gasteiger partial charge in [-0.3, -0.25) is 15.0 Å². The molecule has 1 heterocycles. The van der Waals surface area contributed by atoms with Gasteiger partial charge in [0.15, 0.2) is 0 Å². The summed E-state index contributed by atoms with van der Waals surface area (Å²) in [5.41, 5.74) is 2.95. The molecule has 2 aromatic rings. The minimum absolute atomic E-state index is 0.0563. The molecule has 3 rings (SSSR count). The maximum atomic E-state index is 13.1. The fourth-order valence-electron chi connectivity index (χ4n) is 3.68. The van der Waals surface area contributed by atoms with Gasteiger partial charge in [0.1, 0.15) is 0 Å². The van der Waals surface area contributed by atoms with Crippen molar-refractivity contribution in [3.8, 4) is 0 Å². The molecule has 0 radical (unpaired) electrons. The third-order valence-electron chi connectivity index (χ3n) is 5.48. The van der Waals surface area contributed by atoms with Crippen LogP contribution in [0.25, 0.3) is 0 Å². The molecule has 1 unspecified atom stereocenters. The number of nitro benzene ring substituents is 1. The summed E-state index contributed by atoms with van der Waals surface area (Å²) >= 11 is 0. The van der Waals surface area contributed by atoms with Crippen LogP contribution in [0.5, 0.6) is 0 Å². The van der Waals surface area contributed by atoms with Crippen LogP contribution in [-0.4, -0.2) is 51.1 Å². The van der Waals surface area contributed by atoms with Crippen molar-refractivity contribution < 1.29 is 18.1 Å². The van der Waals surface area contributed by atoms with E-state index in [1.165, 1.54) is 6.07 Å². The molecule has 162 valence electrons. The number of nitrogens with one attached hydrogen (secondary N) is 1. The summed E-state index contributed by atoms with van der Waals surface area (Å²) in [5.74, 6) is 0. The number of benzene rings is 2. The Balaban J connectivity index is 1.90. The van der Waals surface area contributed by atoms with Crippen molar-refractivity contribution in [2.24, 2.45) is 0 Å². The van der Waals surface area contributed by atoms with E-state index in [1.807, 2.05) is 25.1 Å². The van der Waals surface area contributed by atoms with Crippen molar-refractivity contribution in [3.63, 3.8) is 0 Å². The van der Waals surface area contributed by atoms with E-state index in [0.29, 0.717) is 37.4 Å². The molecule has 1 saturated heterocycles. The summed E-state index contributed by atoms with van der Waals surface area (Å²) < 4.78 is 34.3. The first-order valence-electron chi connectivity index (χ1n) is 9.82. The number of rotatable bonds is 7. The van der Waals surface area contributed by atoms with Gasteiger partial charge in [0.05, 0.1) is 23.0 Å². The molecule has 1 N–H and O–H groups in total. The molecule has 0 saturated carbocycles. The van der Waals surface area contributed by atoms with Crippen LogP contribution in [0.15, 0.2) is 41.3 Å². The van der Waals surface area contributed by atoms with Gasteiger partial charge in [0.2, 0.25) is 10.0 Å². The number of nitro groups is 1. The van der Waals surface area contributed by atoms with Gasteiger partial charge in [-0.2, -0.15) is 0 Å². The van der Waals surface area contributed by atoms with Crippen LogP contribution >= 0.6 is 0 Å². The van der Waals surface area contributed by atoms with Crippen LogP contribution < -0.4 is 4.72 Å². The van der Waals surface area contributed by atoms with Crippen molar-refractivity contribution in [1.29, 1.82) is 0 Å². The third kappa shape index (κ3) is 5.04. The lowest BCUT2D eigenvalue weighted by atomic mass is 10.0. The first kappa shape index (κ1) is 22.4. The predicted octanol–water partition coefficient (Wildman–Crippen LogP) is 2.87. The van der Waals surface area contributed by atoms with Crippen molar-refractivity contribution in [2.75, 3.05) is 32.8 Å². The van der Waals surface area contributed by atoms with Gasteiger partial charge in [0.25, 0.3) is 5.69 Å². The normalized spacial score (nSPS) is 16.4. The average molecular weight is 434 g/mol. The van der Waals surface area contributed by atoms with Gasteiger partial charge in [-0.25, -0.2) is 13.1 Å². The minimum atomic E-state index is -3.93. The number of hydrogen-bond acceptors (Lipinski definition) is 6. The summed E-state index contributed by atoms with van der Waals surface area (Å²) in [6.45, 7) is 8.09. The lowest BCUT2D eigenvalue weighted by Gasteiger charge is -2.35. The molecule has 0 spiro atoms. The maximum Gasteiger partial charge on any atom is 0.271 e. The maximum absolute atomic E-state index is 13.1. The molecule has 2 aromatic carbocycles. The van der Waals surface area contributed by atoms with Crippen LogP contribution in [0.4, 0.5) is 5.69 Å². The van der Waals surface area contributed by atoms with Crippen LogP contribution in [0, 0.1) is 30.9 Å². The summed E-state index contributed by atoms with van der Waals surface area (Å²) in [5, 5.41) is 11.2. The molecule has 8 nitrogen and oxygen atoms in total. The second-order valence-corrected chi connectivity index (χ2v) is 9.31. The largest absolute Gasteiger partial charge is 0.379 e. The fraction of sp³-hybridized carbons (Fsp3) is 0.429. The molecule has 0 aliphatic carbocycles. The molecular weight excluding hydrogens is 406 g/mol. The highest BCUT2D eigenvalue weighted by Gasteiger charge is 2.27. The Morgan fingerprint density at radius 2 is 1.87 bits per heavy atom. The van der Waals surface area contributed by atoms with Gasteiger partial charge >= 0.3 is 0 Å². The summed E-state index contributed by atoms with van der Waals surface area (Å²) in [6, 6.07) is 10.4. The average Bonchev–Trinajstić information content (AvgIpc) is 2.70. The van der Waals surface area contributed by atoms with Gasteiger partial charge in [-0.05, 0) is 37.5 Å². The Labute approximate surface area is 177 Å². The third-order valence-corrected chi connectivity index (χ3v) is 7.03. The lowest BCUT2D eigenvalue weighted by molar-refractivity contribution is -0.385. The van der Waals surface area contributed by atoms with Crippen molar-refractivity contribution in [1.82, 2.24) is 9.62 Å². The highest BCUT2D eigenvalue weighted by Crippen LogP contribution is 2.27. The second kappa shape index (κ2) is 9.22. The topological polar surface area (TPSA) is 102 Å². The van der Waals surface area contributed by atoms with E-state index in [4.69, 9.17) is 4.74 Å². The Morgan fingerprint density at radius 3 is 2.50 bits per heavy atom. The smallest absolute Gasteiger partial charge is 0.271 e. The fourth-order valence-corrected chi connectivity index (χ4v) is 5.06. The van der Waals surface area contributed by atoms with Crippen molar-refractivity contribution >= 4 is 15.7 Å². The number of hydrogen-bond donors (Lipinski definition) is 1. The number of non-ortho nitro benzene ring substituents is 1. The molecule has 1 atom stereocenters. The number of ether oxygens (including phenoxy) is 1. The van der Waals surface area contributed by atoms with Crippen molar-refractivity contribution in [3.05, 3.63) is 68.8 Å². The highest BCUT2D eigenvalue weighted by atomic mass is 32.2. The van der Waals surface area contributed by atoms with E-state index >= 15 is 0 Å². The summed E-state index contributed by atoms with van der Waals surface area (Å²) in [6.07, 6.45) is 0. The van der Waals surface area contributed by atoms with E-state index in [-0.39, 0.29) is 23.2 Å². The first-order valence-corrected chi connectivity index (χ1v) is 11.3. The predicted molar refractivity (Wildman–Crippen MR) is 114 cm³/mol. The van der Waals surface area contributed by atoms with Gasteiger partial charge < -0.3 is 4.74 Å². The number of sulfonamides is 1. The zero-order valence-corrected chi connectivity index (χ0v) is 18.2. The van der Waals surface area contributed by atoms with E-state index < -0.39 is 14.9 Å². The molecule has 0 aromatic heterocycles. The molecule has 30 heavy (non-hydrogen) atoms. The summed E-state index contributed by atoms with van der Waals surface area (Å²) in [4.78, 5) is 12.8. The molecule has 0 amide bonds. The van der Waals surface area contributed by atoms with Crippen LogP contribution in [-0.2, 0) is 14.8 Å². The Bertz CT molecular complexity index is 1030. The van der Waals surface area contributed by atoms with E-state index in [0.717, 1.165) is 17.2 Å². The second-order valence-electron chi connectivity index (χ2n) is 7.57. The molecule has 9 heteroatoms. The number of nitrogens with zero attached hydrogens (tertiary/aromatic N) is 2. The van der Waals surface area contributed by atoms with Crippen LogP contribution in [0.1, 0.15) is 28.3 Å². The molecule has 1 aliphatic heterocycles. The SMILES string of the molecule is Cc1cccc(C(CNS(=O)(=O)c2cc([N+](=O)[O-])cc(C)c2C)N2CCOCC2)c1. The molecule has 0 bridgehead atoms. The Hall–Kier alpha value is -2.33. The zero-order valence-electron chi connectivity index (χ0n) is 17.4. The van der Waals surface area contributed by atoms with Crippen LogP contribution in [0.2, 0.25) is 0 Å². The minimum Gasteiger partial charge on any atom is -0.379 e. The Kier molecular flexibility index (Phi) is 6.87. The van der Waals surface area contributed by atoms with E-state index in [1.54, 1.807) is 13.8 Å². The molecule has 1 aliphatic rings. The van der Waals surface area contributed by atoms with Gasteiger partial charge in [-0.15, -0.1) is 0 Å². The lowest BCUT2D eigenvalue weighted by Crippen LogP contribution is -2.43. The van der Waals surface area contributed by atoms with E-state index in [2.05, 4.69) is 15.7 Å².